The summed E-state index contributed by atoms with van der Waals surface area (Å²) in [5.41, 5.74) is 3.12. The summed E-state index contributed by atoms with van der Waals surface area (Å²) in [7, 11) is 1.67. The van der Waals surface area contributed by atoms with Crippen molar-refractivity contribution < 1.29 is 4.74 Å². The minimum atomic E-state index is 0.858. The molecule has 0 unspecified atom stereocenters. The Kier molecular flexibility index (Phi) is 2.29. The van der Waals surface area contributed by atoms with E-state index in [-0.39, 0.29) is 0 Å². The van der Waals surface area contributed by atoms with Gasteiger partial charge in [-0.15, -0.1) is 0 Å². The van der Waals surface area contributed by atoms with Crippen molar-refractivity contribution in [3.05, 3.63) is 48.8 Å². The summed E-state index contributed by atoms with van der Waals surface area (Å²) >= 11 is 0. The number of nitrogens with zero attached hydrogens (tertiary/aromatic N) is 1. The fourth-order valence-electron chi connectivity index (χ4n) is 1.90. The molecule has 0 spiro atoms. The Bertz CT molecular complexity index is 658. The quantitative estimate of drug-likeness (QED) is 0.725. The van der Waals surface area contributed by atoms with Gasteiger partial charge in [0.15, 0.2) is 0 Å². The van der Waals surface area contributed by atoms with Crippen molar-refractivity contribution in [1.29, 1.82) is 0 Å². The summed E-state index contributed by atoms with van der Waals surface area (Å²) in [6.45, 7) is 0. The number of benzene rings is 1. The van der Waals surface area contributed by atoms with E-state index in [1.807, 2.05) is 36.7 Å². The fraction of sp³-hybridized carbons (Fsp3) is 0.0714. The Labute approximate surface area is 99.1 Å². The molecule has 3 rings (SSSR count). The van der Waals surface area contributed by atoms with Crippen LogP contribution in [0.3, 0.4) is 0 Å². The van der Waals surface area contributed by atoms with Gasteiger partial charge in [0.1, 0.15) is 11.4 Å². The molecule has 0 fully saturated rings. The largest absolute Gasteiger partial charge is 0.497 e. The molecule has 0 saturated carbocycles. The summed E-state index contributed by atoms with van der Waals surface area (Å²) in [5.74, 6) is 0.858. The Morgan fingerprint density at radius 1 is 1.12 bits per heavy atom. The van der Waals surface area contributed by atoms with Gasteiger partial charge in [-0.2, -0.15) is 0 Å². The molecular weight excluding hydrogens is 212 g/mol. The van der Waals surface area contributed by atoms with Crippen LogP contribution in [-0.4, -0.2) is 17.1 Å². The minimum absolute atomic E-state index is 0.858. The Balaban J connectivity index is 2.12. The first-order valence-corrected chi connectivity index (χ1v) is 5.44. The van der Waals surface area contributed by atoms with E-state index in [1.54, 1.807) is 7.11 Å². The maximum absolute atomic E-state index is 5.22. The van der Waals surface area contributed by atoms with Gasteiger partial charge >= 0.3 is 0 Å². The zero-order valence-electron chi connectivity index (χ0n) is 9.47. The second-order valence-corrected chi connectivity index (χ2v) is 3.87. The number of fused-ring (bicyclic) bond motifs is 1. The first-order valence-electron chi connectivity index (χ1n) is 5.44. The second kappa shape index (κ2) is 3.94. The molecule has 1 N–H and O–H groups in total. The lowest BCUT2D eigenvalue weighted by atomic mass is 10.1. The number of aromatic nitrogens is 2. The van der Waals surface area contributed by atoms with Crippen LogP contribution < -0.4 is 4.74 Å². The number of pyridine rings is 1. The molecule has 0 bridgehead atoms. The first-order chi connectivity index (χ1) is 8.36. The van der Waals surface area contributed by atoms with Crippen molar-refractivity contribution in [1.82, 2.24) is 9.97 Å². The van der Waals surface area contributed by atoms with Crippen molar-refractivity contribution >= 4 is 11.0 Å². The lowest BCUT2D eigenvalue weighted by Crippen LogP contribution is -1.85. The molecule has 1 aromatic carbocycles. The molecule has 0 aliphatic rings. The van der Waals surface area contributed by atoms with E-state index in [0.29, 0.717) is 0 Å². The number of H-pyrrole nitrogens is 1. The van der Waals surface area contributed by atoms with E-state index in [2.05, 4.69) is 22.1 Å². The summed E-state index contributed by atoms with van der Waals surface area (Å²) in [5, 5.41) is 1.12. The van der Waals surface area contributed by atoms with Crippen molar-refractivity contribution in [3.63, 3.8) is 0 Å². The van der Waals surface area contributed by atoms with Crippen molar-refractivity contribution in [2.75, 3.05) is 7.11 Å². The standard InChI is InChI=1S/C14H12N2O/c1-17-13-4-2-3-10(8-13)12-7-11-5-6-15-14(11)16-9-12/h2-9H,1H3,(H,15,16). The van der Waals surface area contributed by atoms with Crippen LogP contribution in [0.1, 0.15) is 0 Å². The predicted octanol–water partition coefficient (Wildman–Crippen LogP) is 3.24. The number of hydrogen-bond donors (Lipinski definition) is 1. The number of ether oxygens (including phenoxy) is 1. The summed E-state index contributed by atoms with van der Waals surface area (Å²) in [6, 6.07) is 12.1. The minimum Gasteiger partial charge on any atom is -0.497 e. The fourth-order valence-corrected chi connectivity index (χ4v) is 1.90. The van der Waals surface area contributed by atoms with Gasteiger partial charge in [0.05, 0.1) is 7.11 Å². The molecule has 2 aromatic heterocycles. The molecule has 3 nitrogen and oxygen atoms in total. The highest BCUT2D eigenvalue weighted by molar-refractivity contribution is 5.81. The number of nitrogens with one attached hydrogen (secondary N) is 1. The Morgan fingerprint density at radius 3 is 2.94 bits per heavy atom. The van der Waals surface area contributed by atoms with Gasteiger partial charge in [0.2, 0.25) is 0 Å². The van der Waals surface area contributed by atoms with Crippen molar-refractivity contribution in [3.8, 4) is 16.9 Å². The van der Waals surface area contributed by atoms with E-state index in [9.17, 15) is 0 Å². The van der Waals surface area contributed by atoms with Gasteiger partial charge in [-0.1, -0.05) is 12.1 Å². The monoisotopic (exact) mass is 224 g/mol. The lowest BCUT2D eigenvalue weighted by molar-refractivity contribution is 0.415. The highest BCUT2D eigenvalue weighted by atomic mass is 16.5. The van der Waals surface area contributed by atoms with E-state index in [0.717, 1.165) is 27.9 Å². The van der Waals surface area contributed by atoms with Crippen molar-refractivity contribution in [2.45, 2.75) is 0 Å². The number of aromatic amines is 1. The average molecular weight is 224 g/mol. The molecule has 0 aliphatic carbocycles. The molecule has 0 amide bonds. The van der Waals surface area contributed by atoms with Crippen LogP contribution >= 0.6 is 0 Å². The molecule has 3 heteroatoms. The summed E-state index contributed by atoms with van der Waals surface area (Å²) < 4.78 is 5.22. The van der Waals surface area contributed by atoms with Crippen LogP contribution in [0.4, 0.5) is 0 Å². The third-order valence-electron chi connectivity index (χ3n) is 2.80. The molecule has 0 aliphatic heterocycles. The predicted molar refractivity (Wildman–Crippen MR) is 68.1 cm³/mol. The number of hydrogen-bond acceptors (Lipinski definition) is 2. The molecule has 84 valence electrons. The van der Waals surface area contributed by atoms with Crippen LogP contribution in [0.5, 0.6) is 5.75 Å². The summed E-state index contributed by atoms with van der Waals surface area (Å²) in [6.07, 6.45) is 3.76. The third kappa shape index (κ3) is 1.76. The zero-order valence-corrected chi connectivity index (χ0v) is 9.47. The second-order valence-electron chi connectivity index (χ2n) is 3.87. The van der Waals surface area contributed by atoms with E-state index in [4.69, 9.17) is 4.74 Å². The van der Waals surface area contributed by atoms with Gasteiger partial charge in [-0.3, -0.25) is 0 Å². The van der Waals surface area contributed by atoms with Gasteiger partial charge in [0, 0.05) is 23.3 Å². The average Bonchev–Trinajstić information content (AvgIpc) is 2.86. The van der Waals surface area contributed by atoms with Gasteiger partial charge in [0.25, 0.3) is 0 Å². The van der Waals surface area contributed by atoms with E-state index < -0.39 is 0 Å². The highest BCUT2D eigenvalue weighted by Crippen LogP contribution is 2.25. The molecule has 0 radical (unpaired) electrons. The Morgan fingerprint density at radius 2 is 2.06 bits per heavy atom. The normalized spacial score (nSPS) is 10.6. The Hall–Kier alpha value is -2.29. The molecule has 0 saturated heterocycles. The van der Waals surface area contributed by atoms with Gasteiger partial charge < -0.3 is 9.72 Å². The van der Waals surface area contributed by atoms with Crippen LogP contribution in [0.2, 0.25) is 0 Å². The molecule has 3 aromatic rings. The van der Waals surface area contributed by atoms with E-state index >= 15 is 0 Å². The van der Waals surface area contributed by atoms with Crippen LogP contribution in [0.25, 0.3) is 22.2 Å². The van der Waals surface area contributed by atoms with Gasteiger partial charge in [-0.05, 0) is 29.8 Å². The molecule has 0 atom stereocenters. The van der Waals surface area contributed by atoms with Gasteiger partial charge in [-0.25, -0.2) is 4.98 Å². The number of methoxy groups -OCH3 is 1. The zero-order chi connectivity index (χ0) is 11.7. The van der Waals surface area contributed by atoms with Crippen LogP contribution in [0.15, 0.2) is 48.8 Å². The lowest BCUT2D eigenvalue weighted by Gasteiger charge is -2.04. The smallest absolute Gasteiger partial charge is 0.137 e. The third-order valence-corrected chi connectivity index (χ3v) is 2.80. The SMILES string of the molecule is COc1cccc(-c2cnc3[nH]ccc3c2)c1. The topological polar surface area (TPSA) is 37.9 Å². The maximum Gasteiger partial charge on any atom is 0.137 e. The van der Waals surface area contributed by atoms with Crippen LogP contribution in [-0.2, 0) is 0 Å². The first kappa shape index (κ1) is 9.90. The molecular formula is C14H12N2O. The number of rotatable bonds is 2. The highest BCUT2D eigenvalue weighted by Gasteiger charge is 2.02. The summed E-state index contributed by atoms with van der Waals surface area (Å²) in [4.78, 5) is 7.46. The van der Waals surface area contributed by atoms with Crippen molar-refractivity contribution in [2.24, 2.45) is 0 Å². The maximum atomic E-state index is 5.22. The van der Waals surface area contributed by atoms with E-state index in [1.165, 1.54) is 0 Å². The molecule has 2 heterocycles. The molecule has 17 heavy (non-hydrogen) atoms. The van der Waals surface area contributed by atoms with Crippen LogP contribution in [0, 0.1) is 0 Å².